The van der Waals surface area contributed by atoms with Gasteiger partial charge in [-0.2, -0.15) is 0 Å². The molecule has 7 nitrogen and oxygen atoms in total. The van der Waals surface area contributed by atoms with Gasteiger partial charge >= 0.3 is 5.97 Å². The van der Waals surface area contributed by atoms with E-state index in [0.29, 0.717) is 16.8 Å². The third-order valence-electron chi connectivity index (χ3n) is 3.84. The standard InChI is InChI=1S/C19H19N3O4/c1-4-25-19(24)13-5-6-20-16(9-13)21-17(23)10-15-14-8-11(2)7-12(3)18(14)26-22-15/h5-9H,4,10H2,1-3H3,(H,20,21,23). The zero-order valence-electron chi connectivity index (χ0n) is 14.8. The van der Waals surface area contributed by atoms with Crippen molar-refractivity contribution in [1.29, 1.82) is 0 Å². The molecule has 0 aliphatic rings. The third-order valence-corrected chi connectivity index (χ3v) is 3.84. The molecule has 0 fully saturated rings. The summed E-state index contributed by atoms with van der Waals surface area (Å²) in [6.45, 7) is 5.93. The van der Waals surface area contributed by atoms with Crippen LogP contribution in [0.1, 0.15) is 34.1 Å². The number of nitrogens with zero attached hydrogens (tertiary/aromatic N) is 2. The van der Waals surface area contributed by atoms with Crippen molar-refractivity contribution < 1.29 is 18.8 Å². The SMILES string of the molecule is CCOC(=O)c1ccnc(NC(=O)Cc2noc3c(C)cc(C)cc23)c1. The van der Waals surface area contributed by atoms with E-state index in [4.69, 9.17) is 9.26 Å². The number of amides is 1. The van der Waals surface area contributed by atoms with E-state index in [-0.39, 0.29) is 24.8 Å². The Morgan fingerprint density at radius 2 is 2.04 bits per heavy atom. The second kappa shape index (κ2) is 7.35. The van der Waals surface area contributed by atoms with Gasteiger partial charge in [0.25, 0.3) is 0 Å². The van der Waals surface area contributed by atoms with Crippen molar-refractivity contribution in [3.05, 3.63) is 52.8 Å². The molecule has 0 aliphatic carbocycles. The van der Waals surface area contributed by atoms with Gasteiger partial charge in [-0.15, -0.1) is 0 Å². The van der Waals surface area contributed by atoms with Gasteiger partial charge in [0.1, 0.15) is 11.5 Å². The molecule has 0 radical (unpaired) electrons. The van der Waals surface area contributed by atoms with E-state index in [1.165, 1.54) is 18.3 Å². The second-order valence-electron chi connectivity index (χ2n) is 5.96. The van der Waals surface area contributed by atoms with Crippen molar-refractivity contribution in [2.24, 2.45) is 0 Å². The number of esters is 1. The van der Waals surface area contributed by atoms with E-state index < -0.39 is 5.97 Å². The van der Waals surface area contributed by atoms with Crippen LogP contribution in [0.2, 0.25) is 0 Å². The number of fused-ring (bicyclic) bond motifs is 1. The van der Waals surface area contributed by atoms with Crippen molar-refractivity contribution >= 4 is 28.7 Å². The van der Waals surface area contributed by atoms with Crippen LogP contribution in [0.4, 0.5) is 5.82 Å². The summed E-state index contributed by atoms with van der Waals surface area (Å²) in [5, 5.41) is 7.52. The van der Waals surface area contributed by atoms with E-state index >= 15 is 0 Å². The van der Waals surface area contributed by atoms with E-state index in [1.807, 2.05) is 26.0 Å². The van der Waals surface area contributed by atoms with Crippen LogP contribution < -0.4 is 5.32 Å². The molecule has 0 bridgehead atoms. The highest BCUT2D eigenvalue weighted by Crippen LogP contribution is 2.24. The summed E-state index contributed by atoms with van der Waals surface area (Å²) in [6, 6.07) is 6.96. The Labute approximate surface area is 150 Å². The smallest absolute Gasteiger partial charge is 0.338 e. The molecule has 0 unspecified atom stereocenters. The Morgan fingerprint density at radius 3 is 2.81 bits per heavy atom. The fourth-order valence-corrected chi connectivity index (χ4v) is 2.75. The van der Waals surface area contributed by atoms with Crippen LogP contribution in [0.15, 0.2) is 35.0 Å². The number of carbonyl (C=O) groups is 2. The number of aryl methyl sites for hydroxylation is 2. The number of aromatic nitrogens is 2. The molecule has 3 aromatic rings. The zero-order chi connectivity index (χ0) is 18.7. The molecular formula is C19H19N3O4. The fourth-order valence-electron chi connectivity index (χ4n) is 2.75. The van der Waals surface area contributed by atoms with Gasteiger partial charge in [0.2, 0.25) is 5.91 Å². The first-order chi connectivity index (χ1) is 12.5. The Bertz CT molecular complexity index is 978. The lowest BCUT2D eigenvalue weighted by Gasteiger charge is -2.06. The summed E-state index contributed by atoms with van der Waals surface area (Å²) in [5.74, 6) is -0.479. The van der Waals surface area contributed by atoms with E-state index in [0.717, 1.165) is 16.5 Å². The Hall–Kier alpha value is -3.22. The molecule has 1 aromatic carbocycles. The predicted octanol–water partition coefficient (Wildman–Crippen LogP) is 3.20. The van der Waals surface area contributed by atoms with Crippen molar-refractivity contribution in [1.82, 2.24) is 10.1 Å². The lowest BCUT2D eigenvalue weighted by atomic mass is 10.1. The maximum atomic E-state index is 12.4. The van der Waals surface area contributed by atoms with Gasteiger partial charge in [0.05, 0.1) is 18.6 Å². The van der Waals surface area contributed by atoms with Crippen LogP contribution in [0, 0.1) is 13.8 Å². The maximum Gasteiger partial charge on any atom is 0.338 e. The van der Waals surface area contributed by atoms with Gasteiger partial charge < -0.3 is 14.6 Å². The van der Waals surface area contributed by atoms with E-state index in [2.05, 4.69) is 15.5 Å². The number of hydrogen-bond donors (Lipinski definition) is 1. The van der Waals surface area contributed by atoms with Crippen LogP contribution in [-0.2, 0) is 16.0 Å². The van der Waals surface area contributed by atoms with E-state index in [1.54, 1.807) is 6.92 Å². The van der Waals surface area contributed by atoms with Crippen LogP contribution in [0.5, 0.6) is 0 Å². The summed E-state index contributed by atoms with van der Waals surface area (Å²) >= 11 is 0. The summed E-state index contributed by atoms with van der Waals surface area (Å²) < 4.78 is 10.3. The average Bonchev–Trinajstić information content (AvgIpc) is 2.98. The first-order valence-electron chi connectivity index (χ1n) is 8.26. The molecule has 0 saturated heterocycles. The van der Waals surface area contributed by atoms with Crippen molar-refractivity contribution in [2.75, 3.05) is 11.9 Å². The number of anilines is 1. The van der Waals surface area contributed by atoms with Gasteiger partial charge in [-0.25, -0.2) is 9.78 Å². The van der Waals surface area contributed by atoms with Crippen molar-refractivity contribution in [3.8, 4) is 0 Å². The van der Waals surface area contributed by atoms with Gasteiger partial charge in [-0.3, -0.25) is 4.79 Å². The number of hydrogen-bond acceptors (Lipinski definition) is 6. The normalized spacial score (nSPS) is 10.7. The summed E-state index contributed by atoms with van der Waals surface area (Å²) in [7, 11) is 0. The number of ether oxygens (including phenoxy) is 1. The first kappa shape index (κ1) is 17.6. The van der Waals surface area contributed by atoms with Gasteiger partial charge in [0.15, 0.2) is 5.58 Å². The molecule has 1 amide bonds. The third kappa shape index (κ3) is 3.72. The number of rotatable bonds is 5. The lowest BCUT2D eigenvalue weighted by molar-refractivity contribution is -0.115. The minimum Gasteiger partial charge on any atom is -0.462 e. The molecule has 0 spiro atoms. The predicted molar refractivity (Wildman–Crippen MR) is 96.0 cm³/mol. The van der Waals surface area contributed by atoms with Crippen molar-refractivity contribution in [2.45, 2.75) is 27.2 Å². The second-order valence-corrected chi connectivity index (χ2v) is 5.96. The molecular weight excluding hydrogens is 334 g/mol. The van der Waals surface area contributed by atoms with E-state index in [9.17, 15) is 9.59 Å². The molecule has 7 heteroatoms. The topological polar surface area (TPSA) is 94.3 Å². The first-order valence-corrected chi connectivity index (χ1v) is 8.26. The minimum atomic E-state index is -0.459. The Balaban J connectivity index is 1.76. The molecule has 3 rings (SSSR count). The Kier molecular flexibility index (Phi) is 4.97. The maximum absolute atomic E-state index is 12.4. The highest BCUT2D eigenvalue weighted by Gasteiger charge is 2.15. The zero-order valence-corrected chi connectivity index (χ0v) is 14.8. The Morgan fingerprint density at radius 1 is 1.23 bits per heavy atom. The molecule has 2 heterocycles. The number of carbonyl (C=O) groups excluding carboxylic acids is 2. The van der Waals surface area contributed by atoms with Gasteiger partial charge in [-0.1, -0.05) is 11.2 Å². The molecule has 0 atom stereocenters. The summed E-state index contributed by atoms with van der Waals surface area (Å²) in [6.07, 6.45) is 1.49. The number of nitrogens with one attached hydrogen (secondary N) is 1. The van der Waals surface area contributed by atoms with Crippen LogP contribution in [-0.4, -0.2) is 28.6 Å². The lowest BCUT2D eigenvalue weighted by Crippen LogP contribution is -2.16. The van der Waals surface area contributed by atoms with Crippen LogP contribution >= 0.6 is 0 Å². The number of benzene rings is 1. The molecule has 1 N–H and O–H groups in total. The molecule has 0 saturated carbocycles. The van der Waals surface area contributed by atoms with Gasteiger partial charge in [-0.05, 0) is 50.1 Å². The molecule has 26 heavy (non-hydrogen) atoms. The summed E-state index contributed by atoms with van der Waals surface area (Å²) in [4.78, 5) is 28.2. The average molecular weight is 353 g/mol. The fraction of sp³-hybridized carbons (Fsp3) is 0.263. The minimum absolute atomic E-state index is 0.0429. The number of pyridine rings is 1. The monoisotopic (exact) mass is 353 g/mol. The van der Waals surface area contributed by atoms with Crippen molar-refractivity contribution in [3.63, 3.8) is 0 Å². The van der Waals surface area contributed by atoms with Crippen LogP contribution in [0.25, 0.3) is 11.0 Å². The molecule has 134 valence electrons. The molecule has 2 aromatic heterocycles. The van der Waals surface area contributed by atoms with Gasteiger partial charge in [0, 0.05) is 11.6 Å². The largest absolute Gasteiger partial charge is 0.462 e. The quantitative estimate of drug-likeness (QED) is 0.708. The highest BCUT2D eigenvalue weighted by molar-refractivity contribution is 5.96. The highest BCUT2D eigenvalue weighted by atomic mass is 16.5. The van der Waals surface area contributed by atoms with Crippen LogP contribution in [0.3, 0.4) is 0 Å². The summed E-state index contributed by atoms with van der Waals surface area (Å²) in [5.41, 5.74) is 3.62. The molecule has 0 aliphatic heterocycles.